The second-order valence-electron chi connectivity index (χ2n) is 20.3. The molecule has 0 aromatic carbocycles. The molecule has 0 heterocycles. The highest BCUT2D eigenvalue weighted by Gasteiger charge is 2.18. The SMILES string of the molecule is CCCCCCCCCCC/C=C/C(O)C(CO)NC(=O)CCCCCCCCCCCCC/C=C\CCCCCCCCCCCCCCOC(=O)CCCCCCCCCCCCC. The topological polar surface area (TPSA) is 95.9 Å². The van der Waals surface area contributed by atoms with Crippen LogP contribution in [0.25, 0.3) is 0 Å². The minimum atomic E-state index is -0.843. The Balaban J connectivity index is 3.38. The molecule has 0 bridgehead atoms. The van der Waals surface area contributed by atoms with E-state index < -0.39 is 12.1 Å². The fraction of sp³-hybridized carbons (Fsp3) is 0.900. The lowest BCUT2D eigenvalue weighted by Crippen LogP contribution is -2.45. The third-order valence-corrected chi connectivity index (χ3v) is 13.7. The molecule has 1 amide bonds. The number of carbonyl (C=O) groups is 2. The molecule has 6 nitrogen and oxygen atoms in total. The number of esters is 1. The van der Waals surface area contributed by atoms with Gasteiger partial charge >= 0.3 is 5.97 Å². The molecule has 0 aromatic heterocycles. The Hall–Kier alpha value is -1.66. The summed E-state index contributed by atoms with van der Waals surface area (Å²) in [6, 6.07) is -0.626. The first-order chi connectivity index (χ1) is 32.5. The van der Waals surface area contributed by atoms with E-state index in [-0.39, 0.29) is 18.5 Å². The van der Waals surface area contributed by atoms with Gasteiger partial charge in [-0.25, -0.2) is 0 Å². The van der Waals surface area contributed by atoms with Gasteiger partial charge in [0.2, 0.25) is 5.91 Å². The molecular formula is C60H115NO5. The van der Waals surface area contributed by atoms with Gasteiger partial charge in [-0.1, -0.05) is 276 Å². The average molecular weight is 931 g/mol. The molecule has 6 heteroatoms. The number of aliphatic hydroxyl groups is 2. The number of hydrogen-bond acceptors (Lipinski definition) is 5. The maximum absolute atomic E-state index is 12.4. The summed E-state index contributed by atoms with van der Waals surface area (Å²) in [7, 11) is 0. The van der Waals surface area contributed by atoms with Crippen molar-refractivity contribution in [2.45, 2.75) is 334 Å². The molecule has 0 saturated heterocycles. The van der Waals surface area contributed by atoms with Crippen LogP contribution in [-0.4, -0.2) is 47.4 Å². The number of unbranched alkanes of at least 4 members (excludes halogenated alkanes) is 42. The zero-order valence-corrected chi connectivity index (χ0v) is 44.4. The van der Waals surface area contributed by atoms with Gasteiger partial charge in [-0.15, -0.1) is 0 Å². The highest BCUT2D eigenvalue weighted by molar-refractivity contribution is 5.76. The number of amides is 1. The van der Waals surface area contributed by atoms with Crippen LogP contribution >= 0.6 is 0 Å². The highest BCUT2D eigenvalue weighted by atomic mass is 16.5. The van der Waals surface area contributed by atoms with Crippen molar-refractivity contribution in [3.05, 3.63) is 24.3 Å². The Bertz CT molecular complexity index is 1030. The quantitative estimate of drug-likeness (QED) is 0.0321. The highest BCUT2D eigenvalue weighted by Crippen LogP contribution is 2.17. The summed E-state index contributed by atoms with van der Waals surface area (Å²) in [5.74, 6) is -0.0550. The molecule has 66 heavy (non-hydrogen) atoms. The van der Waals surface area contributed by atoms with Crippen molar-refractivity contribution in [2.24, 2.45) is 0 Å². The minimum Gasteiger partial charge on any atom is -0.466 e. The summed E-state index contributed by atoms with van der Waals surface area (Å²) in [6.45, 7) is 4.90. The van der Waals surface area contributed by atoms with E-state index in [1.165, 1.54) is 257 Å². The molecule has 0 saturated carbocycles. The number of carbonyl (C=O) groups excluding carboxylic acids is 2. The van der Waals surface area contributed by atoms with Crippen molar-refractivity contribution in [3.63, 3.8) is 0 Å². The van der Waals surface area contributed by atoms with Crippen molar-refractivity contribution >= 4 is 11.9 Å². The summed E-state index contributed by atoms with van der Waals surface area (Å²) in [5.41, 5.74) is 0. The molecule has 0 fully saturated rings. The maximum atomic E-state index is 12.4. The fourth-order valence-corrected chi connectivity index (χ4v) is 9.16. The van der Waals surface area contributed by atoms with Crippen LogP contribution < -0.4 is 5.32 Å². The van der Waals surface area contributed by atoms with E-state index >= 15 is 0 Å². The molecular weight excluding hydrogens is 815 g/mol. The van der Waals surface area contributed by atoms with Crippen LogP contribution in [0.3, 0.4) is 0 Å². The molecule has 2 atom stereocenters. The first-order valence-electron chi connectivity index (χ1n) is 29.6. The molecule has 0 aliphatic rings. The monoisotopic (exact) mass is 930 g/mol. The van der Waals surface area contributed by atoms with Crippen molar-refractivity contribution in [3.8, 4) is 0 Å². The Morgan fingerprint density at radius 3 is 1.08 bits per heavy atom. The lowest BCUT2D eigenvalue weighted by molar-refractivity contribution is -0.143. The van der Waals surface area contributed by atoms with Gasteiger partial charge in [-0.3, -0.25) is 9.59 Å². The number of allylic oxidation sites excluding steroid dienone is 3. The first kappa shape index (κ1) is 64.3. The standard InChI is InChI=1S/C60H115NO5/c1-3-5-7-9-11-13-32-36-40-44-48-52-58(63)57(56-62)61-59(64)53-49-45-41-37-34-30-28-26-24-22-20-18-16-15-17-19-21-23-25-27-29-31-35-39-43-47-51-55-66-60(65)54-50-46-42-38-33-14-12-10-8-6-4-2/h15-16,48,52,57-58,62-63H,3-14,17-47,49-51,53-56H2,1-2H3,(H,61,64)/b16-15-,52-48+. The van der Waals surface area contributed by atoms with Crippen LogP contribution in [0.2, 0.25) is 0 Å². The first-order valence-corrected chi connectivity index (χ1v) is 29.6. The van der Waals surface area contributed by atoms with E-state index in [0.717, 1.165) is 38.5 Å². The Morgan fingerprint density at radius 2 is 0.712 bits per heavy atom. The molecule has 0 spiro atoms. The van der Waals surface area contributed by atoms with E-state index in [2.05, 4.69) is 31.3 Å². The van der Waals surface area contributed by atoms with Gasteiger partial charge in [0.1, 0.15) is 0 Å². The predicted molar refractivity (Wildman–Crippen MR) is 287 cm³/mol. The van der Waals surface area contributed by atoms with Crippen LogP contribution in [0.15, 0.2) is 24.3 Å². The van der Waals surface area contributed by atoms with Crippen molar-refractivity contribution in [2.75, 3.05) is 13.2 Å². The van der Waals surface area contributed by atoms with Gasteiger partial charge < -0.3 is 20.3 Å². The molecule has 3 N–H and O–H groups in total. The van der Waals surface area contributed by atoms with Crippen LogP contribution in [0.4, 0.5) is 0 Å². The van der Waals surface area contributed by atoms with Crippen LogP contribution in [0.5, 0.6) is 0 Å². The van der Waals surface area contributed by atoms with E-state index in [9.17, 15) is 19.8 Å². The molecule has 390 valence electrons. The lowest BCUT2D eigenvalue weighted by atomic mass is 10.0. The second-order valence-corrected chi connectivity index (χ2v) is 20.3. The van der Waals surface area contributed by atoms with Crippen molar-refractivity contribution in [1.82, 2.24) is 5.32 Å². The summed E-state index contributed by atoms with van der Waals surface area (Å²) in [5, 5.41) is 23.0. The van der Waals surface area contributed by atoms with Gasteiger partial charge in [-0.2, -0.15) is 0 Å². The molecule has 0 aliphatic carbocycles. The smallest absolute Gasteiger partial charge is 0.305 e. The van der Waals surface area contributed by atoms with Crippen LogP contribution in [0.1, 0.15) is 322 Å². The van der Waals surface area contributed by atoms with E-state index in [0.29, 0.717) is 19.4 Å². The number of nitrogens with one attached hydrogen (secondary N) is 1. The van der Waals surface area contributed by atoms with Crippen molar-refractivity contribution < 1.29 is 24.5 Å². The largest absolute Gasteiger partial charge is 0.466 e. The lowest BCUT2D eigenvalue weighted by Gasteiger charge is -2.20. The number of ether oxygens (including phenoxy) is 1. The summed E-state index contributed by atoms with van der Waals surface area (Å²) in [6.07, 6.45) is 67.9. The van der Waals surface area contributed by atoms with E-state index in [4.69, 9.17) is 4.74 Å². The Morgan fingerprint density at radius 1 is 0.409 bits per heavy atom. The molecule has 0 radical (unpaired) electrons. The Kier molecular flexibility index (Phi) is 54.5. The Labute approximate surface area is 411 Å². The van der Waals surface area contributed by atoms with Gasteiger partial charge in [0.05, 0.1) is 25.4 Å². The fourth-order valence-electron chi connectivity index (χ4n) is 9.16. The van der Waals surface area contributed by atoms with E-state index in [1.54, 1.807) is 6.08 Å². The molecule has 0 rings (SSSR count). The average Bonchev–Trinajstić information content (AvgIpc) is 3.32. The number of rotatable bonds is 55. The number of aliphatic hydroxyl groups excluding tert-OH is 2. The van der Waals surface area contributed by atoms with Gasteiger partial charge in [-0.05, 0) is 57.8 Å². The molecule has 2 unspecified atom stereocenters. The van der Waals surface area contributed by atoms with Gasteiger partial charge in [0.25, 0.3) is 0 Å². The maximum Gasteiger partial charge on any atom is 0.305 e. The predicted octanol–water partition coefficient (Wildman–Crippen LogP) is 18.2. The zero-order chi connectivity index (χ0) is 47.9. The number of hydrogen-bond donors (Lipinski definition) is 3. The summed E-state index contributed by atoms with van der Waals surface area (Å²) < 4.78 is 5.46. The van der Waals surface area contributed by atoms with Gasteiger partial charge in [0, 0.05) is 12.8 Å². The van der Waals surface area contributed by atoms with Gasteiger partial charge in [0.15, 0.2) is 0 Å². The summed E-state index contributed by atoms with van der Waals surface area (Å²) in [4.78, 5) is 24.4. The third-order valence-electron chi connectivity index (χ3n) is 13.7. The van der Waals surface area contributed by atoms with Crippen molar-refractivity contribution in [1.29, 1.82) is 0 Å². The van der Waals surface area contributed by atoms with E-state index in [1.807, 2.05) is 6.08 Å². The normalized spacial score (nSPS) is 12.7. The molecule has 0 aliphatic heterocycles. The molecule has 0 aromatic rings. The minimum absolute atomic E-state index is 0.0143. The van der Waals surface area contributed by atoms with Crippen LogP contribution in [-0.2, 0) is 14.3 Å². The third kappa shape index (κ3) is 51.7. The second kappa shape index (κ2) is 55.9. The van der Waals surface area contributed by atoms with Crippen LogP contribution in [0, 0.1) is 0 Å². The summed E-state index contributed by atoms with van der Waals surface area (Å²) >= 11 is 0. The zero-order valence-electron chi connectivity index (χ0n) is 44.4.